The number of hydrogen-bond acceptors (Lipinski definition) is 3. The van der Waals surface area contributed by atoms with Crippen molar-refractivity contribution in [3.63, 3.8) is 0 Å². The number of carbonyl (C=O) groups is 1. The summed E-state index contributed by atoms with van der Waals surface area (Å²) in [7, 11) is 0. The third-order valence-electron chi connectivity index (χ3n) is 3.05. The summed E-state index contributed by atoms with van der Waals surface area (Å²) in [4.78, 5) is 12.7. The molecule has 0 aliphatic carbocycles. The fourth-order valence-corrected chi connectivity index (χ4v) is 2.89. The number of benzene rings is 2. The van der Waals surface area contributed by atoms with Gasteiger partial charge in [-0.05, 0) is 24.3 Å². The molecule has 1 heterocycles. The minimum Gasteiger partial charge on any atom is -0.486 e. The Labute approximate surface area is 139 Å². The zero-order valence-electron chi connectivity index (χ0n) is 10.7. The fourth-order valence-electron chi connectivity index (χ4n) is 2.05. The summed E-state index contributed by atoms with van der Waals surface area (Å²) >= 11 is 15.5. The Hall–Kier alpha value is -1.23. The van der Waals surface area contributed by atoms with Crippen LogP contribution in [-0.4, -0.2) is 19.0 Å². The Morgan fingerprint density at radius 3 is 2.38 bits per heavy atom. The molecule has 6 heteroatoms. The van der Waals surface area contributed by atoms with Crippen LogP contribution in [0, 0.1) is 0 Å². The first-order valence-corrected chi connectivity index (χ1v) is 7.70. The molecule has 0 radical (unpaired) electrons. The summed E-state index contributed by atoms with van der Waals surface area (Å²) in [5.41, 5.74) is 0.796. The van der Waals surface area contributed by atoms with E-state index >= 15 is 0 Å². The van der Waals surface area contributed by atoms with Crippen molar-refractivity contribution in [3.8, 4) is 11.5 Å². The summed E-state index contributed by atoms with van der Waals surface area (Å²) in [6.07, 6.45) is 0. The molecule has 1 aliphatic heterocycles. The summed E-state index contributed by atoms with van der Waals surface area (Å²) in [6, 6.07) is 8.23. The van der Waals surface area contributed by atoms with Crippen molar-refractivity contribution >= 4 is 44.9 Å². The van der Waals surface area contributed by atoms with Crippen LogP contribution in [0.1, 0.15) is 15.9 Å². The predicted octanol–water partition coefficient (Wildman–Crippen LogP) is 4.76. The molecule has 0 saturated heterocycles. The maximum absolute atomic E-state index is 12.7. The van der Waals surface area contributed by atoms with Gasteiger partial charge in [0.2, 0.25) is 0 Å². The van der Waals surface area contributed by atoms with E-state index in [1.54, 1.807) is 30.3 Å². The van der Waals surface area contributed by atoms with Gasteiger partial charge in [0.25, 0.3) is 0 Å². The van der Waals surface area contributed by atoms with Crippen LogP contribution in [0.5, 0.6) is 11.5 Å². The topological polar surface area (TPSA) is 35.5 Å². The molecule has 108 valence electrons. The second kappa shape index (κ2) is 5.87. The molecule has 0 amide bonds. The molecule has 3 nitrogen and oxygen atoms in total. The molecule has 0 N–H and O–H groups in total. The highest BCUT2D eigenvalue weighted by Gasteiger charge is 2.21. The van der Waals surface area contributed by atoms with Crippen LogP contribution in [0.15, 0.2) is 34.8 Å². The number of ketones is 1. The molecule has 0 atom stereocenters. The van der Waals surface area contributed by atoms with Crippen LogP contribution < -0.4 is 9.47 Å². The molecule has 21 heavy (non-hydrogen) atoms. The molecule has 0 saturated carbocycles. The maximum Gasteiger partial charge on any atom is 0.195 e. The van der Waals surface area contributed by atoms with Crippen LogP contribution in [-0.2, 0) is 0 Å². The van der Waals surface area contributed by atoms with E-state index in [-0.39, 0.29) is 5.78 Å². The van der Waals surface area contributed by atoms with Crippen molar-refractivity contribution in [1.29, 1.82) is 0 Å². The van der Waals surface area contributed by atoms with E-state index in [0.29, 0.717) is 50.4 Å². The Bertz CT molecular complexity index is 731. The van der Waals surface area contributed by atoms with Gasteiger partial charge in [0.15, 0.2) is 17.3 Å². The maximum atomic E-state index is 12.7. The number of hydrogen-bond donors (Lipinski definition) is 0. The summed E-state index contributed by atoms with van der Waals surface area (Å²) < 4.78 is 11.6. The summed E-state index contributed by atoms with van der Waals surface area (Å²) in [5.74, 6) is 0.839. The van der Waals surface area contributed by atoms with Gasteiger partial charge in [-0.15, -0.1) is 0 Å². The van der Waals surface area contributed by atoms with Gasteiger partial charge in [-0.3, -0.25) is 4.79 Å². The normalized spacial score (nSPS) is 13.1. The predicted molar refractivity (Wildman–Crippen MR) is 85.0 cm³/mol. The first-order valence-electron chi connectivity index (χ1n) is 6.15. The molecule has 0 unspecified atom stereocenters. The van der Waals surface area contributed by atoms with Crippen molar-refractivity contribution in [2.45, 2.75) is 0 Å². The average molecular weight is 388 g/mol. The minimum absolute atomic E-state index is 0.230. The van der Waals surface area contributed by atoms with E-state index in [0.717, 1.165) is 0 Å². The number of ether oxygens (including phenoxy) is 2. The van der Waals surface area contributed by atoms with Gasteiger partial charge >= 0.3 is 0 Å². The molecule has 2 aromatic rings. The molecular formula is C15H9BrCl2O3. The molecule has 0 fully saturated rings. The van der Waals surface area contributed by atoms with Gasteiger partial charge < -0.3 is 9.47 Å². The van der Waals surface area contributed by atoms with Gasteiger partial charge in [-0.2, -0.15) is 0 Å². The molecule has 3 rings (SSSR count). The van der Waals surface area contributed by atoms with Crippen LogP contribution in [0.2, 0.25) is 10.0 Å². The van der Waals surface area contributed by atoms with Gasteiger partial charge in [0, 0.05) is 26.7 Å². The van der Waals surface area contributed by atoms with Crippen molar-refractivity contribution in [3.05, 3.63) is 56.0 Å². The zero-order chi connectivity index (χ0) is 15.0. The second-order valence-electron chi connectivity index (χ2n) is 4.43. The standard InChI is InChI=1S/C15H9BrCl2O3/c16-11-2-1-8(17)5-9(11)15(19)10-6-13-14(7-12(10)18)21-4-3-20-13/h1-2,5-7H,3-4H2. The highest BCUT2D eigenvalue weighted by molar-refractivity contribution is 9.10. The lowest BCUT2D eigenvalue weighted by atomic mass is 10.0. The molecular weight excluding hydrogens is 379 g/mol. The highest BCUT2D eigenvalue weighted by Crippen LogP contribution is 2.37. The van der Waals surface area contributed by atoms with Crippen molar-refractivity contribution in [2.24, 2.45) is 0 Å². The van der Waals surface area contributed by atoms with Crippen LogP contribution in [0.25, 0.3) is 0 Å². The average Bonchev–Trinajstić information content (AvgIpc) is 2.48. The van der Waals surface area contributed by atoms with E-state index in [9.17, 15) is 4.79 Å². The quantitative estimate of drug-likeness (QED) is 0.697. The van der Waals surface area contributed by atoms with E-state index in [4.69, 9.17) is 32.7 Å². The smallest absolute Gasteiger partial charge is 0.195 e. The SMILES string of the molecule is O=C(c1cc2c(cc1Cl)OCCO2)c1cc(Cl)ccc1Br. The number of carbonyl (C=O) groups excluding carboxylic acids is 1. The van der Waals surface area contributed by atoms with Gasteiger partial charge in [-0.25, -0.2) is 0 Å². The zero-order valence-corrected chi connectivity index (χ0v) is 13.8. The van der Waals surface area contributed by atoms with E-state index in [1.807, 2.05) is 0 Å². The van der Waals surface area contributed by atoms with Gasteiger partial charge in [-0.1, -0.05) is 39.1 Å². The molecule has 1 aliphatic rings. The minimum atomic E-state index is -0.230. The Balaban J connectivity index is 2.07. The van der Waals surface area contributed by atoms with Crippen molar-refractivity contribution in [1.82, 2.24) is 0 Å². The van der Waals surface area contributed by atoms with Crippen molar-refractivity contribution in [2.75, 3.05) is 13.2 Å². The summed E-state index contributed by atoms with van der Waals surface area (Å²) in [5, 5.41) is 0.798. The van der Waals surface area contributed by atoms with Crippen LogP contribution in [0.4, 0.5) is 0 Å². The number of halogens is 3. The van der Waals surface area contributed by atoms with Gasteiger partial charge in [0.1, 0.15) is 13.2 Å². The van der Waals surface area contributed by atoms with Crippen LogP contribution >= 0.6 is 39.1 Å². The lowest BCUT2D eigenvalue weighted by Gasteiger charge is -2.19. The largest absolute Gasteiger partial charge is 0.486 e. The molecule has 0 bridgehead atoms. The Morgan fingerprint density at radius 2 is 1.67 bits per heavy atom. The first-order chi connectivity index (χ1) is 10.1. The lowest BCUT2D eigenvalue weighted by molar-refractivity contribution is 0.103. The Kier molecular flexibility index (Phi) is 4.11. The third kappa shape index (κ3) is 2.89. The second-order valence-corrected chi connectivity index (χ2v) is 6.13. The summed E-state index contributed by atoms with van der Waals surface area (Å²) in [6.45, 7) is 0.916. The number of fused-ring (bicyclic) bond motifs is 1. The first kappa shape index (κ1) is 14.7. The molecule has 0 spiro atoms. The Morgan fingerprint density at radius 1 is 1.00 bits per heavy atom. The highest BCUT2D eigenvalue weighted by atomic mass is 79.9. The number of rotatable bonds is 2. The van der Waals surface area contributed by atoms with E-state index in [1.165, 1.54) is 0 Å². The van der Waals surface area contributed by atoms with Gasteiger partial charge in [0.05, 0.1) is 5.02 Å². The molecule has 2 aromatic carbocycles. The molecule has 0 aromatic heterocycles. The fraction of sp³-hybridized carbons (Fsp3) is 0.133. The van der Waals surface area contributed by atoms with Crippen LogP contribution in [0.3, 0.4) is 0 Å². The van der Waals surface area contributed by atoms with E-state index < -0.39 is 0 Å². The lowest BCUT2D eigenvalue weighted by Crippen LogP contribution is -2.16. The van der Waals surface area contributed by atoms with Crippen molar-refractivity contribution < 1.29 is 14.3 Å². The van der Waals surface area contributed by atoms with E-state index in [2.05, 4.69) is 15.9 Å². The third-order valence-corrected chi connectivity index (χ3v) is 4.29. The monoisotopic (exact) mass is 386 g/mol.